The maximum Gasteiger partial charge on any atom is 0.254 e. The SMILES string of the molecule is CCOc1ccc(C(=O)N(CCc2cccs2)Cc2cccnc2)cc1OCC. The van der Waals surface area contributed by atoms with E-state index in [0.717, 1.165) is 12.0 Å². The largest absolute Gasteiger partial charge is 0.490 e. The summed E-state index contributed by atoms with van der Waals surface area (Å²) in [7, 11) is 0. The Hall–Kier alpha value is -2.86. The maximum atomic E-state index is 13.3. The number of nitrogens with zero attached hydrogens (tertiary/aromatic N) is 2. The second-order valence-corrected chi connectivity index (χ2v) is 7.48. The smallest absolute Gasteiger partial charge is 0.254 e. The van der Waals surface area contributed by atoms with Crippen LogP contribution in [0.3, 0.4) is 0 Å². The third-order valence-electron chi connectivity index (χ3n) is 4.38. The van der Waals surface area contributed by atoms with Crippen molar-refractivity contribution in [2.75, 3.05) is 19.8 Å². The summed E-state index contributed by atoms with van der Waals surface area (Å²) in [5, 5.41) is 2.06. The molecule has 0 N–H and O–H groups in total. The summed E-state index contributed by atoms with van der Waals surface area (Å²) in [4.78, 5) is 20.6. The first-order valence-electron chi connectivity index (χ1n) is 9.81. The van der Waals surface area contributed by atoms with Crippen molar-refractivity contribution >= 4 is 17.2 Å². The molecule has 0 bridgehead atoms. The molecule has 6 heteroatoms. The Labute approximate surface area is 175 Å². The van der Waals surface area contributed by atoms with Gasteiger partial charge in [-0.3, -0.25) is 9.78 Å². The van der Waals surface area contributed by atoms with E-state index in [1.807, 2.05) is 43.0 Å². The number of thiophene rings is 1. The predicted octanol–water partition coefficient (Wildman–Crippen LogP) is 4.83. The highest BCUT2D eigenvalue weighted by Gasteiger charge is 2.19. The molecule has 0 spiro atoms. The van der Waals surface area contributed by atoms with Crippen LogP contribution < -0.4 is 9.47 Å². The van der Waals surface area contributed by atoms with E-state index in [-0.39, 0.29) is 5.91 Å². The van der Waals surface area contributed by atoms with Gasteiger partial charge in [0.2, 0.25) is 0 Å². The van der Waals surface area contributed by atoms with E-state index in [0.29, 0.717) is 43.4 Å². The zero-order chi connectivity index (χ0) is 20.5. The molecule has 1 amide bonds. The fraction of sp³-hybridized carbons (Fsp3) is 0.304. The van der Waals surface area contributed by atoms with Crippen molar-refractivity contribution in [2.24, 2.45) is 0 Å². The van der Waals surface area contributed by atoms with E-state index in [1.165, 1.54) is 4.88 Å². The molecule has 3 aromatic rings. The van der Waals surface area contributed by atoms with Crippen molar-refractivity contribution in [3.8, 4) is 11.5 Å². The standard InChI is InChI=1S/C23H26N2O3S/c1-3-27-21-10-9-19(15-22(21)28-4-2)23(26)25(13-11-20-8-6-14-29-20)17-18-7-5-12-24-16-18/h5-10,12,14-16H,3-4,11,13,17H2,1-2H3. The van der Waals surface area contributed by atoms with E-state index in [9.17, 15) is 4.79 Å². The first kappa shape index (κ1) is 20.9. The minimum absolute atomic E-state index is 0.0330. The Bertz CT molecular complexity index is 898. The van der Waals surface area contributed by atoms with Crippen LogP contribution in [0.15, 0.2) is 60.2 Å². The molecule has 0 atom stereocenters. The number of rotatable bonds is 10. The number of aromatic nitrogens is 1. The Balaban J connectivity index is 1.83. The van der Waals surface area contributed by atoms with Gasteiger partial charge in [-0.1, -0.05) is 12.1 Å². The molecule has 5 nitrogen and oxygen atoms in total. The molecule has 152 valence electrons. The normalized spacial score (nSPS) is 10.6. The Morgan fingerprint density at radius 1 is 1.07 bits per heavy atom. The summed E-state index contributed by atoms with van der Waals surface area (Å²) in [6.07, 6.45) is 4.36. The van der Waals surface area contributed by atoms with Gasteiger partial charge in [-0.2, -0.15) is 0 Å². The number of carbonyl (C=O) groups is 1. The second kappa shape index (κ2) is 10.6. The first-order valence-corrected chi connectivity index (χ1v) is 10.7. The third-order valence-corrected chi connectivity index (χ3v) is 5.32. The Kier molecular flexibility index (Phi) is 7.64. The molecular formula is C23H26N2O3S. The molecule has 0 aliphatic carbocycles. The monoisotopic (exact) mass is 410 g/mol. The Morgan fingerprint density at radius 3 is 2.59 bits per heavy atom. The number of amides is 1. The highest BCUT2D eigenvalue weighted by atomic mass is 32.1. The van der Waals surface area contributed by atoms with E-state index >= 15 is 0 Å². The average molecular weight is 411 g/mol. The minimum Gasteiger partial charge on any atom is -0.490 e. The van der Waals surface area contributed by atoms with E-state index in [1.54, 1.807) is 35.9 Å². The molecule has 0 aliphatic heterocycles. The molecule has 0 saturated heterocycles. The van der Waals surface area contributed by atoms with Crippen LogP contribution in [-0.4, -0.2) is 35.5 Å². The maximum absolute atomic E-state index is 13.3. The van der Waals surface area contributed by atoms with Crippen molar-refractivity contribution in [1.29, 1.82) is 0 Å². The van der Waals surface area contributed by atoms with Gasteiger partial charge in [-0.25, -0.2) is 0 Å². The third kappa shape index (κ3) is 5.81. The molecular weight excluding hydrogens is 384 g/mol. The van der Waals surface area contributed by atoms with Crippen molar-refractivity contribution < 1.29 is 14.3 Å². The summed E-state index contributed by atoms with van der Waals surface area (Å²) >= 11 is 1.71. The van der Waals surface area contributed by atoms with Gasteiger partial charge in [-0.15, -0.1) is 11.3 Å². The fourth-order valence-electron chi connectivity index (χ4n) is 3.03. The highest BCUT2D eigenvalue weighted by molar-refractivity contribution is 7.09. The number of hydrogen-bond acceptors (Lipinski definition) is 5. The number of pyridine rings is 1. The zero-order valence-corrected chi connectivity index (χ0v) is 17.7. The van der Waals surface area contributed by atoms with Crippen molar-refractivity contribution in [1.82, 2.24) is 9.88 Å². The molecule has 0 aliphatic rings. The van der Waals surface area contributed by atoms with E-state index in [2.05, 4.69) is 16.4 Å². The molecule has 29 heavy (non-hydrogen) atoms. The number of ether oxygens (including phenoxy) is 2. The van der Waals surface area contributed by atoms with Crippen LogP contribution in [0.2, 0.25) is 0 Å². The van der Waals surface area contributed by atoms with Crippen molar-refractivity contribution in [2.45, 2.75) is 26.8 Å². The molecule has 0 fully saturated rings. The van der Waals surface area contributed by atoms with E-state index < -0.39 is 0 Å². The quantitative estimate of drug-likeness (QED) is 0.481. The average Bonchev–Trinajstić information content (AvgIpc) is 3.26. The van der Waals surface area contributed by atoms with Crippen LogP contribution >= 0.6 is 11.3 Å². The lowest BCUT2D eigenvalue weighted by Crippen LogP contribution is -2.32. The zero-order valence-electron chi connectivity index (χ0n) is 16.8. The van der Waals surface area contributed by atoms with Gasteiger partial charge in [-0.05, 0) is 61.5 Å². The molecule has 0 unspecified atom stereocenters. The summed E-state index contributed by atoms with van der Waals surface area (Å²) in [5.41, 5.74) is 1.59. The number of benzene rings is 1. The number of carbonyl (C=O) groups excluding carboxylic acids is 1. The topological polar surface area (TPSA) is 51.7 Å². The first-order chi connectivity index (χ1) is 14.2. The summed E-state index contributed by atoms with van der Waals surface area (Å²) < 4.78 is 11.3. The van der Waals surface area contributed by atoms with Crippen LogP contribution in [0.4, 0.5) is 0 Å². The van der Waals surface area contributed by atoms with Crippen LogP contribution in [0, 0.1) is 0 Å². The summed E-state index contributed by atoms with van der Waals surface area (Å²) in [5.74, 6) is 1.22. The lowest BCUT2D eigenvalue weighted by Gasteiger charge is -2.23. The van der Waals surface area contributed by atoms with Gasteiger partial charge in [0.15, 0.2) is 11.5 Å². The van der Waals surface area contributed by atoms with Crippen LogP contribution in [0.1, 0.15) is 34.6 Å². The van der Waals surface area contributed by atoms with Gasteiger partial charge in [0.1, 0.15) is 0 Å². The lowest BCUT2D eigenvalue weighted by atomic mass is 10.1. The predicted molar refractivity (Wildman–Crippen MR) is 116 cm³/mol. The van der Waals surface area contributed by atoms with E-state index in [4.69, 9.17) is 9.47 Å². The fourth-order valence-corrected chi connectivity index (χ4v) is 3.73. The van der Waals surface area contributed by atoms with Gasteiger partial charge >= 0.3 is 0 Å². The second-order valence-electron chi connectivity index (χ2n) is 6.44. The number of hydrogen-bond donors (Lipinski definition) is 0. The summed E-state index contributed by atoms with van der Waals surface area (Å²) in [6, 6.07) is 13.4. The molecule has 2 aromatic heterocycles. The van der Waals surface area contributed by atoms with Crippen molar-refractivity contribution in [3.63, 3.8) is 0 Å². The lowest BCUT2D eigenvalue weighted by molar-refractivity contribution is 0.0744. The molecule has 3 rings (SSSR count). The molecule has 2 heterocycles. The Morgan fingerprint density at radius 2 is 1.90 bits per heavy atom. The highest BCUT2D eigenvalue weighted by Crippen LogP contribution is 2.29. The molecule has 0 saturated carbocycles. The van der Waals surface area contributed by atoms with Gasteiger partial charge in [0, 0.05) is 35.9 Å². The summed E-state index contributed by atoms with van der Waals surface area (Å²) in [6.45, 7) is 6.03. The van der Waals surface area contributed by atoms with Gasteiger partial charge in [0.05, 0.1) is 13.2 Å². The van der Waals surface area contributed by atoms with Gasteiger partial charge < -0.3 is 14.4 Å². The minimum atomic E-state index is -0.0330. The van der Waals surface area contributed by atoms with Gasteiger partial charge in [0.25, 0.3) is 5.91 Å². The molecule has 1 aromatic carbocycles. The van der Waals surface area contributed by atoms with Crippen molar-refractivity contribution in [3.05, 3.63) is 76.2 Å². The van der Waals surface area contributed by atoms with Crippen LogP contribution in [-0.2, 0) is 13.0 Å². The van der Waals surface area contributed by atoms with Crippen LogP contribution in [0.25, 0.3) is 0 Å². The molecule has 0 radical (unpaired) electrons. The van der Waals surface area contributed by atoms with Crippen LogP contribution in [0.5, 0.6) is 11.5 Å².